The van der Waals surface area contributed by atoms with Crippen molar-refractivity contribution in [2.24, 2.45) is 0 Å². The molecule has 15 heavy (non-hydrogen) atoms. The second kappa shape index (κ2) is 6.43. The first-order valence-electron chi connectivity index (χ1n) is 5.15. The van der Waals surface area contributed by atoms with Crippen molar-refractivity contribution in [3.8, 4) is 5.75 Å². The average molecular weight is 209 g/mol. The molecule has 0 amide bonds. The van der Waals surface area contributed by atoms with Crippen LogP contribution in [0.5, 0.6) is 5.75 Å². The molecule has 0 spiro atoms. The second-order valence-corrected chi connectivity index (χ2v) is 3.49. The molecule has 1 aromatic carbocycles. The summed E-state index contributed by atoms with van der Waals surface area (Å²) in [6, 6.07) is 8.09. The maximum absolute atomic E-state index is 5.32. The monoisotopic (exact) mass is 209 g/mol. The molecule has 0 aromatic heterocycles. The highest BCUT2D eigenvalue weighted by molar-refractivity contribution is 5.28. The first kappa shape index (κ1) is 12.0. The van der Waals surface area contributed by atoms with Crippen LogP contribution in [0, 0.1) is 0 Å². The summed E-state index contributed by atoms with van der Waals surface area (Å²) >= 11 is 0. The molecule has 0 fully saturated rings. The molecule has 0 bridgehead atoms. The minimum Gasteiger partial charge on any atom is -0.497 e. The normalized spacial score (nSPS) is 10.7. The quantitative estimate of drug-likeness (QED) is 0.670. The summed E-state index contributed by atoms with van der Waals surface area (Å²) in [5, 5.41) is 0. The number of hydrogen-bond acceptors (Lipinski definition) is 3. The maximum Gasteiger partial charge on any atom is 0.119 e. The van der Waals surface area contributed by atoms with Gasteiger partial charge in [0.1, 0.15) is 5.75 Å². The molecule has 0 aliphatic rings. The lowest BCUT2D eigenvalue weighted by Crippen LogP contribution is -2.21. The van der Waals surface area contributed by atoms with Crippen molar-refractivity contribution < 1.29 is 9.47 Å². The van der Waals surface area contributed by atoms with E-state index in [0.717, 1.165) is 18.9 Å². The van der Waals surface area contributed by atoms with E-state index in [0.29, 0.717) is 6.73 Å². The Morgan fingerprint density at radius 2 is 2.13 bits per heavy atom. The van der Waals surface area contributed by atoms with Crippen LogP contribution in [0.3, 0.4) is 0 Å². The maximum atomic E-state index is 5.32. The van der Waals surface area contributed by atoms with Crippen molar-refractivity contribution >= 4 is 0 Å². The van der Waals surface area contributed by atoms with Gasteiger partial charge in [-0.15, -0.1) is 0 Å². The van der Waals surface area contributed by atoms with Crippen molar-refractivity contribution in [3.63, 3.8) is 0 Å². The fourth-order valence-corrected chi connectivity index (χ4v) is 1.38. The largest absolute Gasteiger partial charge is 0.497 e. The van der Waals surface area contributed by atoms with E-state index < -0.39 is 0 Å². The Morgan fingerprint density at radius 1 is 1.33 bits per heavy atom. The molecule has 3 heteroatoms. The standard InChI is InChI=1S/C12H19NO2/c1-4-15-10-13(2)9-11-6-5-7-12(8-11)14-3/h5-8H,4,9-10H2,1-3H3. The molecule has 84 valence electrons. The topological polar surface area (TPSA) is 21.7 Å². The van der Waals surface area contributed by atoms with E-state index in [9.17, 15) is 0 Å². The molecule has 0 unspecified atom stereocenters. The van der Waals surface area contributed by atoms with Gasteiger partial charge in [-0.1, -0.05) is 12.1 Å². The lowest BCUT2D eigenvalue weighted by atomic mass is 10.2. The first-order chi connectivity index (χ1) is 7.26. The summed E-state index contributed by atoms with van der Waals surface area (Å²) in [6.07, 6.45) is 0. The number of ether oxygens (including phenoxy) is 2. The smallest absolute Gasteiger partial charge is 0.119 e. The van der Waals surface area contributed by atoms with Crippen LogP contribution in [-0.2, 0) is 11.3 Å². The number of benzene rings is 1. The Balaban J connectivity index is 2.48. The zero-order valence-corrected chi connectivity index (χ0v) is 9.69. The van der Waals surface area contributed by atoms with Crippen LogP contribution in [0.4, 0.5) is 0 Å². The van der Waals surface area contributed by atoms with Crippen LogP contribution in [0.1, 0.15) is 12.5 Å². The third kappa shape index (κ3) is 4.32. The van der Waals surface area contributed by atoms with E-state index >= 15 is 0 Å². The first-order valence-corrected chi connectivity index (χ1v) is 5.15. The van der Waals surface area contributed by atoms with Crippen LogP contribution in [0.25, 0.3) is 0 Å². The number of hydrogen-bond donors (Lipinski definition) is 0. The van der Waals surface area contributed by atoms with Gasteiger partial charge in [0.05, 0.1) is 13.8 Å². The second-order valence-electron chi connectivity index (χ2n) is 3.49. The van der Waals surface area contributed by atoms with Gasteiger partial charge in [-0.3, -0.25) is 4.90 Å². The van der Waals surface area contributed by atoms with Crippen LogP contribution in [0.15, 0.2) is 24.3 Å². The Kier molecular flexibility index (Phi) is 5.15. The molecule has 0 aliphatic heterocycles. The van der Waals surface area contributed by atoms with E-state index in [1.165, 1.54) is 5.56 Å². The van der Waals surface area contributed by atoms with Gasteiger partial charge < -0.3 is 9.47 Å². The van der Waals surface area contributed by atoms with Gasteiger partial charge in [-0.05, 0) is 31.7 Å². The van der Waals surface area contributed by atoms with Crippen molar-refractivity contribution in [2.75, 3.05) is 27.5 Å². The molecule has 0 aliphatic carbocycles. The van der Waals surface area contributed by atoms with Crippen molar-refractivity contribution in [3.05, 3.63) is 29.8 Å². The van der Waals surface area contributed by atoms with Gasteiger partial charge in [0.25, 0.3) is 0 Å². The summed E-state index contributed by atoms with van der Waals surface area (Å²) in [5.74, 6) is 0.900. The molecule has 0 radical (unpaired) electrons. The zero-order chi connectivity index (χ0) is 11.1. The van der Waals surface area contributed by atoms with E-state index in [4.69, 9.17) is 9.47 Å². The molecule has 0 saturated carbocycles. The molecule has 1 rings (SSSR count). The molecule has 0 saturated heterocycles. The molecular formula is C12H19NO2. The highest BCUT2D eigenvalue weighted by Gasteiger charge is 2.00. The van der Waals surface area contributed by atoms with Gasteiger partial charge >= 0.3 is 0 Å². The Hall–Kier alpha value is -1.06. The summed E-state index contributed by atoms with van der Waals surface area (Å²) in [4.78, 5) is 2.12. The number of rotatable bonds is 6. The minimum absolute atomic E-state index is 0.660. The van der Waals surface area contributed by atoms with Crippen molar-refractivity contribution in [1.82, 2.24) is 4.90 Å². The van der Waals surface area contributed by atoms with Crippen molar-refractivity contribution in [2.45, 2.75) is 13.5 Å². The summed E-state index contributed by atoms with van der Waals surface area (Å²) in [5.41, 5.74) is 1.23. The lowest BCUT2D eigenvalue weighted by molar-refractivity contribution is 0.0467. The average Bonchev–Trinajstić information content (AvgIpc) is 2.26. The van der Waals surface area contributed by atoms with Crippen molar-refractivity contribution in [1.29, 1.82) is 0 Å². The third-order valence-corrected chi connectivity index (χ3v) is 2.10. The Morgan fingerprint density at radius 3 is 2.80 bits per heavy atom. The van der Waals surface area contributed by atoms with Crippen LogP contribution < -0.4 is 4.74 Å². The highest BCUT2D eigenvalue weighted by Crippen LogP contribution is 2.13. The number of nitrogens with zero attached hydrogens (tertiary/aromatic N) is 1. The van der Waals surface area contributed by atoms with Gasteiger partial charge in [0.2, 0.25) is 0 Å². The fraction of sp³-hybridized carbons (Fsp3) is 0.500. The highest BCUT2D eigenvalue weighted by atomic mass is 16.5. The van der Waals surface area contributed by atoms with Crippen LogP contribution >= 0.6 is 0 Å². The third-order valence-electron chi connectivity index (χ3n) is 2.10. The molecule has 1 aromatic rings. The van der Waals surface area contributed by atoms with E-state index in [1.807, 2.05) is 32.2 Å². The minimum atomic E-state index is 0.660. The summed E-state index contributed by atoms with van der Waals surface area (Å²) < 4.78 is 10.5. The number of methoxy groups -OCH3 is 1. The summed E-state index contributed by atoms with van der Waals surface area (Å²) in [6.45, 7) is 4.28. The van der Waals surface area contributed by atoms with Gasteiger partial charge in [-0.2, -0.15) is 0 Å². The fourth-order valence-electron chi connectivity index (χ4n) is 1.38. The van der Waals surface area contributed by atoms with Crippen LogP contribution in [-0.4, -0.2) is 32.4 Å². The SMILES string of the molecule is CCOCN(C)Cc1cccc(OC)c1. The van der Waals surface area contributed by atoms with E-state index in [1.54, 1.807) is 7.11 Å². The molecular weight excluding hydrogens is 190 g/mol. The Labute approximate surface area is 91.6 Å². The van der Waals surface area contributed by atoms with Crippen LogP contribution in [0.2, 0.25) is 0 Å². The predicted molar refractivity (Wildman–Crippen MR) is 61.0 cm³/mol. The van der Waals surface area contributed by atoms with E-state index in [2.05, 4.69) is 11.0 Å². The Bertz CT molecular complexity index is 289. The van der Waals surface area contributed by atoms with E-state index in [-0.39, 0.29) is 0 Å². The lowest BCUT2D eigenvalue weighted by Gasteiger charge is -2.16. The zero-order valence-electron chi connectivity index (χ0n) is 9.69. The predicted octanol–water partition coefficient (Wildman–Crippen LogP) is 2.12. The van der Waals surface area contributed by atoms with Gasteiger partial charge in [-0.25, -0.2) is 0 Å². The molecule has 0 N–H and O–H groups in total. The van der Waals surface area contributed by atoms with Gasteiger partial charge in [0.15, 0.2) is 0 Å². The van der Waals surface area contributed by atoms with Gasteiger partial charge in [0, 0.05) is 13.2 Å². The molecule has 0 atom stereocenters. The molecule has 3 nitrogen and oxygen atoms in total. The summed E-state index contributed by atoms with van der Waals surface area (Å²) in [7, 11) is 3.72. The molecule has 0 heterocycles.